The number of amidine groups is 1. The number of halogens is 5. The van der Waals surface area contributed by atoms with Gasteiger partial charge in [-0.05, 0) is 35.9 Å². The average Bonchev–Trinajstić information content (AvgIpc) is 3.35. The van der Waals surface area contributed by atoms with Crippen LogP contribution in [0.1, 0.15) is 17.9 Å². The lowest BCUT2D eigenvalue weighted by molar-refractivity contribution is -0.113. The molecule has 1 aliphatic rings. The van der Waals surface area contributed by atoms with Gasteiger partial charge in [-0.3, -0.25) is 14.3 Å². The minimum absolute atomic E-state index is 0.00140. The number of carbonyl (C=O) groups is 1. The minimum atomic E-state index is -2.76. The van der Waals surface area contributed by atoms with Crippen molar-refractivity contribution < 1.29 is 18.0 Å². The molecule has 0 radical (unpaired) electrons. The second-order valence-electron chi connectivity index (χ2n) is 6.51. The first kappa shape index (κ1) is 22.4. The van der Waals surface area contributed by atoms with Gasteiger partial charge in [-0.2, -0.15) is 8.78 Å². The van der Waals surface area contributed by atoms with Crippen LogP contribution in [0.4, 0.5) is 18.9 Å². The van der Waals surface area contributed by atoms with Crippen LogP contribution in [0.2, 0.25) is 10.0 Å². The van der Waals surface area contributed by atoms with Gasteiger partial charge < -0.3 is 0 Å². The number of hydrogen-bond acceptors (Lipinski definition) is 4. The number of amides is 1. The van der Waals surface area contributed by atoms with Crippen LogP contribution in [-0.4, -0.2) is 20.6 Å². The lowest BCUT2D eigenvalue weighted by Gasteiger charge is -2.18. The van der Waals surface area contributed by atoms with Gasteiger partial charge in [-0.25, -0.2) is 14.4 Å². The summed E-state index contributed by atoms with van der Waals surface area (Å²) < 4.78 is 41.5. The molecule has 0 atom stereocenters. The number of nitrogens with zero attached hydrogens (tertiary/aromatic N) is 4. The molecule has 1 aliphatic heterocycles. The van der Waals surface area contributed by atoms with E-state index in [9.17, 15) is 18.0 Å². The number of alkyl halides is 2. The second kappa shape index (κ2) is 9.40. The van der Waals surface area contributed by atoms with Crippen LogP contribution in [0.25, 0.3) is 6.08 Å². The summed E-state index contributed by atoms with van der Waals surface area (Å²) in [4.78, 5) is 22.5. The molecule has 32 heavy (non-hydrogen) atoms. The second-order valence-corrected chi connectivity index (χ2v) is 8.26. The Hall–Kier alpha value is -2.75. The number of aliphatic imine (C=N–C) groups is 1. The van der Waals surface area contributed by atoms with Crippen molar-refractivity contribution in [3.8, 4) is 0 Å². The molecule has 164 valence electrons. The van der Waals surface area contributed by atoms with E-state index < -0.39 is 18.3 Å². The summed E-state index contributed by atoms with van der Waals surface area (Å²) in [5, 5.41) is 0.791. The van der Waals surface area contributed by atoms with E-state index in [1.165, 1.54) is 30.5 Å². The van der Waals surface area contributed by atoms with Gasteiger partial charge >= 0.3 is 6.55 Å². The molecule has 0 saturated carbocycles. The van der Waals surface area contributed by atoms with Gasteiger partial charge in [-0.15, -0.1) is 0 Å². The first-order chi connectivity index (χ1) is 15.3. The average molecular weight is 497 g/mol. The van der Waals surface area contributed by atoms with Gasteiger partial charge in [0.25, 0.3) is 5.91 Å². The van der Waals surface area contributed by atoms with E-state index >= 15 is 0 Å². The first-order valence-corrected chi connectivity index (χ1v) is 10.9. The number of imidazole rings is 1. The third-order valence-electron chi connectivity index (χ3n) is 4.46. The smallest absolute Gasteiger partial charge is 0.277 e. The molecule has 0 bridgehead atoms. The van der Waals surface area contributed by atoms with Crippen LogP contribution in [0, 0.1) is 5.82 Å². The number of anilines is 1. The first-order valence-electron chi connectivity index (χ1n) is 9.12. The fourth-order valence-electron chi connectivity index (χ4n) is 2.96. The molecule has 11 heteroatoms. The highest BCUT2D eigenvalue weighted by molar-refractivity contribution is 8.13. The largest absolute Gasteiger partial charge is 0.319 e. The molecule has 0 spiro atoms. The van der Waals surface area contributed by atoms with E-state index in [2.05, 4.69) is 9.98 Å². The monoisotopic (exact) mass is 496 g/mol. The maximum absolute atomic E-state index is 14.5. The summed E-state index contributed by atoms with van der Waals surface area (Å²) in [6, 6.07) is 10.5. The van der Waals surface area contributed by atoms with E-state index in [0.29, 0.717) is 20.2 Å². The summed E-state index contributed by atoms with van der Waals surface area (Å²) in [6.07, 6.45) is 3.91. The van der Waals surface area contributed by atoms with Gasteiger partial charge in [0, 0.05) is 12.4 Å². The van der Waals surface area contributed by atoms with Crippen molar-refractivity contribution in [2.75, 3.05) is 4.90 Å². The van der Waals surface area contributed by atoms with Gasteiger partial charge in [-0.1, -0.05) is 53.2 Å². The number of thioether (sulfide) groups is 1. The number of benzene rings is 2. The third-order valence-corrected chi connectivity index (χ3v) is 6.13. The number of carbonyl (C=O) groups excluding carboxylic acids is 1. The molecule has 0 saturated heterocycles. The van der Waals surface area contributed by atoms with Crippen LogP contribution in [0.15, 0.2) is 65.5 Å². The van der Waals surface area contributed by atoms with E-state index in [0.717, 1.165) is 22.9 Å². The highest BCUT2D eigenvalue weighted by Crippen LogP contribution is 2.33. The quantitative estimate of drug-likeness (QED) is 0.384. The topological polar surface area (TPSA) is 50.5 Å². The summed E-state index contributed by atoms with van der Waals surface area (Å²) in [6.45, 7) is -2.76. The van der Waals surface area contributed by atoms with E-state index in [4.69, 9.17) is 23.2 Å². The van der Waals surface area contributed by atoms with Crippen LogP contribution < -0.4 is 4.90 Å². The minimum Gasteiger partial charge on any atom is -0.277 e. The Morgan fingerprint density at radius 1 is 1.12 bits per heavy atom. The van der Waals surface area contributed by atoms with Gasteiger partial charge in [0.2, 0.25) is 0 Å². The molecule has 0 unspecified atom stereocenters. The molecular formula is C21H13Cl2F3N4OS. The molecule has 2 aromatic carbocycles. The van der Waals surface area contributed by atoms with Crippen molar-refractivity contribution in [1.29, 1.82) is 0 Å². The molecular weight excluding hydrogens is 484 g/mol. The molecule has 1 aromatic heterocycles. The normalized spacial score (nSPS) is 15.2. The highest BCUT2D eigenvalue weighted by atomic mass is 35.5. The van der Waals surface area contributed by atoms with Crippen LogP contribution in [-0.2, 0) is 10.5 Å². The predicted octanol–water partition coefficient (Wildman–Crippen LogP) is 6.40. The number of para-hydroxylation sites is 1. The van der Waals surface area contributed by atoms with Crippen LogP contribution in [0.5, 0.6) is 0 Å². The maximum Gasteiger partial charge on any atom is 0.319 e. The third kappa shape index (κ3) is 4.55. The van der Waals surface area contributed by atoms with E-state index in [1.54, 1.807) is 24.3 Å². The highest BCUT2D eigenvalue weighted by Gasteiger charge is 2.34. The fraction of sp³-hybridized carbons (Fsp3) is 0.0952. The summed E-state index contributed by atoms with van der Waals surface area (Å²) in [7, 11) is 0. The van der Waals surface area contributed by atoms with Crippen LogP contribution >= 0.6 is 35.0 Å². The molecule has 0 N–H and O–H groups in total. The zero-order valence-corrected chi connectivity index (χ0v) is 18.4. The maximum atomic E-state index is 14.5. The molecule has 2 heterocycles. The Balaban J connectivity index is 1.70. The Morgan fingerprint density at radius 3 is 2.62 bits per heavy atom. The number of rotatable bonds is 5. The fourth-order valence-corrected chi connectivity index (χ4v) is 4.22. The lowest BCUT2D eigenvalue weighted by atomic mass is 10.2. The van der Waals surface area contributed by atoms with Crippen LogP contribution in [0.3, 0.4) is 0 Å². The number of aromatic nitrogens is 2. The summed E-state index contributed by atoms with van der Waals surface area (Å²) in [5.41, 5.74) is 0.601. The zero-order chi connectivity index (χ0) is 22.8. The SMILES string of the molecule is O=C1/C(=C\c2ccc(Cl)c(Cl)c2)N=C(SCc2nccn2C(F)F)N1c1ccccc1F. The standard InChI is InChI=1S/C21H13Cl2F3N4OS/c22-13-6-5-12(9-14(13)23)10-16-19(31)30(17-4-2-1-3-15(17)24)21(28-16)32-11-18-27-7-8-29(18)20(25)26/h1-10,20H,11H2/b16-10+. The van der Waals surface area contributed by atoms with Crippen molar-refractivity contribution in [3.63, 3.8) is 0 Å². The van der Waals surface area contributed by atoms with E-state index in [1.807, 2.05) is 0 Å². The molecule has 1 amide bonds. The van der Waals surface area contributed by atoms with Gasteiger partial charge in [0.05, 0.1) is 21.5 Å². The molecule has 5 nitrogen and oxygen atoms in total. The van der Waals surface area contributed by atoms with Gasteiger partial charge in [0.1, 0.15) is 17.3 Å². The Morgan fingerprint density at radius 2 is 1.91 bits per heavy atom. The van der Waals surface area contributed by atoms with Crippen molar-refractivity contribution in [2.45, 2.75) is 12.3 Å². The Bertz CT molecular complexity index is 1250. The molecule has 0 fully saturated rings. The summed E-state index contributed by atoms with van der Waals surface area (Å²) >= 11 is 13.0. The molecule has 0 aliphatic carbocycles. The predicted molar refractivity (Wildman–Crippen MR) is 121 cm³/mol. The Kier molecular flexibility index (Phi) is 6.59. The number of hydrogen-bond donors (Lipinski definition) is 0. The van der Waals surface area contributed by atoms with Gasteiger partial charge in [0.15, 0.2) is 5.17 Å². The van der Waals surface area contributed by atoms with Crippen molar-refractivity contribution in [1.82, 2.24) is 9.55 Å². The van der Waals surface area contributed by atoms with Crippen molar-refractivity contribution >= 4 is 57.8 Å². The Labute approximate surface area is 195 Å². The van der Waals surface area contributed by atoms with E-state index in [-0.39, 0.29) is 28.1 Å². The lowest BCUT2D eigenvalue weighted by Crippen LogP contribution is -2.31. The zero-order valence-electron chi connectivity index (χ0n) is 16.1. The molecule has 4 rings (SSSR count). The van der Waals surface area contributed by atoms with Crippen molar-refractivity contribution in [3.05, 3.63) is 87.8 Å². The van der Waals surface area contributed by atoms with Crippen molar-refractivity contribution in [2.24, 2.45) is 4.99 Å². The summed E-state index contributed by atoms with van der Waals surface area (Å²) in [5.74, 6) is -1.11. The molecule has 3 aromatic rings.